The Kier molecular flexibility index (Phi) is 3.56. The summed E-state index contributed by atoms with van der Waals surface area (Å²) < 4.78 is 0. The van der Waals surface area contributed by atoms with Crippen LogP contribution in [0.2, 0.25) is 0 Å². The molecule has 0 aliphatic carbocycles. The maximum Gasteiger partial charge on any atom is 0.0991 e. The van der Waals surface area contributed by atoms with Gasteiger partial charge in [0.2, 0.25) is 0 Å². The molecule has 22 heavy (non-hydrogen) atoms. The van der Waals surface area contributed by atoms with Crippen LogP contribution in [0.5, 0.6) is 0 Å². The number of hydrogen-bond acceptors (Lipinski definition) is 2. The average Bonchev–Trinajstić information content (AvgIpc) is 2.53. The van der Waals surface area contributed by atoms with E-state index in [1.807, 2.05) is 43.3 Å². The Bertz CT molecular complexity index is 807. The average molecular weight is 286 g/mol. The molecule has 3 rings (SSSR count). The van der Waals surface area contributed by atoms with Crippen molar-refractivity contribution < 1.29 is 0 Å². The highest BCUT2D eigenvalue weighted by Gasteiger charge is 2.25. The van der Waals surface area contributed by atoms with Crippen LogP contribution in [-0.2, 0) is 0 Å². The zero-order valence-electron chi connectivity index (χ0n) is 12.9. The van der Waals surface area contributed by atoms with Crippen molar-refractivity contribution in [1.82, 2.24) is 0 Å². The number of nitrogens with zero attached hydrogens (tertiary/aromatic N) is 1. The van der Waals surface area contributed by atoms with E-state index >= 15 is 0 Å². The van der Waals surface area contributed by atoms with Crippen molar-refractivity contribution in [1.29, 1.82) is 5.26 Å². The summed E-state index contributed by atoms with van der Waals surface area (Å²) in [5, 5.41) is 12.7. The van der Waals surface area contributed by atoms with E-state index < -0.39 is 0 Å². The molecule has 0 saturated carbocycles. The molecule has 0 saturated heterocycles. The van der Waals surface area contributed by atoms with Gasteiger partial charge in [-0.05, 0) is 48.8 Å². The summed E-state index contributed by atoms with van der Waals surface area (Å²) in [6.07, 6.45) is 0. The first-order chi connectivity index (χ1) is 10.6. The summed E-state index contributed by atoms with van der Waals surface area (Å²) in [4.78, 5) is 0. The summed E-state index contributed by atoms with van der Waals surface area (Å²) in [6.45, 7) is 8.34. The van der Waals surface area contributed by atoms with E-state index in [4.69, 9.17) is 0 Å². The van der Waals surface area contributed by atoms with E-state index in [1.54, 1.807) is 0 Å². The molecule has 1 atom stereocenters. The van der Waals surface area contributed by atoms with Gasteiger partial charge in [-0.15, -0.1) is 0 Å². The number of fused-ring (bicyclic) bond motifs is 1. The van der Waals surface area contributed by atoms with Crippen molar-refractivity contribution in [2.75, 3.05) is 5.32 Å². The smallest absolute Gasteiger partial charge is 0.0991 e. The number of anilines is 1. The van der Waals surface area contributed by atoms with Crippen molar-refractivity contribution in [2.24, 2.45) is 0 Å². The Morgan fingerprint density at radius 3 is 2.55 bits per heavy atom. The van der Waals surface area contributed by atoms with Gasteiger partial charge in [0, 0.05) is 17.3 Å². The molecule has 2 aromatic rings. The van der Waals surface area contributed by atoms with Crippen LogP contribution in [0.1, 0.15) is 30.5 Å². The molecule has 1 aliphatic heterocycles. The molecule has 1 aliphatic rings. The van der Waals surface area contributed by atoms with Crippen LogP contribution in [0.4, 0.5) is 5.69 Å². The molecule has 2 heteroatoms. The van der Waals surface area contributed by atoms with Crippen LogP contribution in [-0.4, -0.2) is 6.04 Å². The van der Waals surface area contributed by atoms with Gasteiger partial charge in [-0.3, -0.25) is 0 Å². The topological polar surface area (TPSA) is 35.8 Å². The van der Waals surface area contributed by atoms with Crippen molar-refractivity contribution in [3.63, 3.8) is 0 Å². The van der Waals surface area contributed by atoms with Gasteiger partial charge in [-0.1, -0.05) is 42.5 Å². The standard InChI is InChI=1S/C20H18N2/c1-13(2)19-14(3)22-18-10-9-15(12-21)11-17(18)20(19)16-7-5-4-6-8-16/h4-11,14,22H,1H2,2-3H3/t14-/m1/s1. The summed E-state index contributed by atoms with van der Waals surface area (Å²) >= 11 is 0. The summed E-state index contributed by atoms with van der Waals surface area (Å²) in [6, 6.07) is 18.5. The Hall–Kier alpha value is -2.79. The van der Waals surface area contributed by atoms with E-state index in [9.17, 15) is 5.26 Å². The van der Waals surface area contributed by atoms with Gasteiger partial charge in [0.15, 0.2) is 0 Å². The molecule has 108 valence electrons. The van der Waals surface area contributed by atoms with Crippen LogP contribution < -0.4 is 5.32 Å². The van der Waals surface area contributed by atoms with Gasteiger partial charge in [-0.2, -0.15) is 5.26 Å². The number of rotatable bonds is 2. The molecule has 0 aromatic heterocycles. The highest BCUT2D eigenvalue weighted by molar-refractivity contribution is 5.93. The van der Waals surface area contributed by atoms with Crippen molar-refractivity contribution in [3.05, 3.63) is 82.9 Å². The number of nitriles is 1. The monoisotopic (exact) mass is 286 g/mol. The first-order valence-corrected chi connectivity index (χ1v) is 7.38. The Balaban J connectivity index is 2.34. The van der Waals surface area contributed by atoms with Gasteiger partial charge in [0.25, 0.3) is 0 Å². The minimum Gasteiger partial charge on any atom is -0.378 e. The van der Waals surface area contributed by atoms with E-state index in [0.29, 0.717) is 5.56 Å². The third-order valence-corrected chi connectivity index (χ3v) is 4.01. The Morgan fingerprint density at radius 1 is 1.18 bits per heavy atom. The Labute approximate surface area is 131 Å². The van der Waals surface area contributed by atoms with Gasteiger partial charge in [0.05, 0.1) is 11.6 Å². The van der Waals surface area contributed by atoms with Gasteiger partial charge >= 0.3 is 0 Å². The number of hydrogen-bond donors (Lipinski definition) is 1. The molecule has 0 bridgehead atoms. The maximum absolute atomic E-state index is 9.22. The summed E-state index contributed by atoms with van der Waals surface area (Å²) in [5.41, 5.74) is 7.39. The van der Waals surface area contributed by atoms with Gasteiger partial charge in [-0.25, -0.2) is 0 Å². The second-order valence-electron chi connectivity index (χ2n) is 5.67. The van der Waals surface area contributed by atoms with Crippen molar-refractivity contribution >= 4 is 11.3 Å². The minimum atomic E-state index is 0.188. The van der Waals surface area contributed by atoms with Crippen LogP contribution in [0, 0.1) is 11.3 Å². The van der Waals surface area contributed by atoms with E-state index in [0.717, 1.165) is 22.4 Å². The maximum atomic E-state index is 9.22. The quantitative estimate of drug-likeness (QED) is 0.864. The fourth-order valence-electron chi connectivity index (χ4n) is 3.11. The second kappa shape index (κ2) is 5.54. The predicted molar refractivity (Wildman–Crippen MR) is 91.5 cm³/mol. The molecule has 0 radical (unpaired) electrons. The molecule has 0 fully saturated rings. The van der Waals surface area contributed by atoms with Crippen molar-refractivity contribution in [3.8, 4) is 6.07 Å². The lowest BCUT2D eigenvalue weighted by atomic mass is 9.83. The van der Waals surface area contributed by atoms with E-state index in [1.165, 1.54) is 11.1 Å². The molecular formula is C20H18N2. The van der Waals surface area contributed by atoms with Gasteiger partial charge < -0.3 is 5.32 Å². The fraction of sp³-hybridized carbons (Fsp3) is 0.150. The lowest BCUT2D eigenvalue weighted by Crippen LogP contribution is -2.25. The molecule has 1 N–H and O–H groups in total. The molecular weight excluding hydrogens is 268 g/mol. The number of benzene rings is 2. The Morgan fingerprint density at radius 2 is 1.91 bits per heavy atom. The number of nitrogens with one attached hydrogen (secondary N) is 1. The van der Waals surface area contributed by atoms with E-state index in [-0.39, 0.29) is 6.04 Å². The predicted octanol–water partition coefficient (Wildman–Crippen LogP) is 4.75. The largest absolute Gasteiger partial charge is 0.378 e. The van der Waals surface area contributed by atoms with Crippen LogP contribution in [0.3, 0.4) is 0 Å². The molecule has 2 nitrogen and oxygen atoms in total. The molecule has 0 unspecified atom stereocenters. The van der Waals surface area contributed by atoms with Crippen LogP contribution in [0.15, 0.2) is 66.3 Å². The lowest BCUT2D eigenvalue weighted by Gasteiger charge is -2.31. The summed E-state index contributed by atoms with van der Waals surface area (Å²) in [5.74, 6) is 0. The van der Waals surface area contributed by atoms with E-state index in [2.05, 4.69) is 37.0 Å². The van der Waals surface area contributed by atoms with Crippen LogP contribution >= 0.6 is 0 Å². The first kappa shape index (κ1) is 14.2. The molecule has 2 aromatic carbocycles. The normalized spacial score (nSPS) is 16.5. The van der Waals surface area contributed by atoms with Crippen LogP contribution in [0.25, 0.3) is 5.57 Å². The highest BCUT2D eigenvalue weighted by atomic mass is 14.9. The third kappa shape index (κ3) is 2.31. The molecule has 1 heterocycles. The lowest BCUT2D eigenvalue weighted by molar-refractivity contribution is 0.922. The second-order valence-corrected chi connectivity index (χ2v) is 5.67. The zero-order valence-corrected chi connectivity index (χ0v) is 12.9. The molecule has 0 amide bonds. The first-order valence-electron chi connectivity index (χ1n) is 7.38. The van der Waals surface area contributed by atoms with Crippen molar-refractivity contribution in [2.45, 2.75) is 19.9 Å². The fourth-order valence-corrected chi connectivity index (χ4v) is 3.11. The van der Waals surface area contributed by atoms with Gasteiger partial charge in [0.1, 0.15) is 0 Å². The third-order valence-electron chi connectivity index (χ3n) is 4.01. The molecule has 0 spiro atoms. The highest BCUT2D eigenvalue weighted by Crippen LogP contribution is 2.40. The minimum absolute atomic E-state index is 0.188. The summed E-state index contributed by atoms with van der Waals surface area (Å²) in [7, 11) is 0. The zero-order chi connectivity index (χ0) is 15.7. The SMILES string of the molecule is C=C(C)C1=C(c2ccccc2)c2cc(C#N)ccc2N[C@@H]1C.